The van der Waals surface area contributed by atoms with E-state index < -0.39 is 6.10 Å². The lowest BCUT2D eigenvalue weighted by Gasteiger charge is -2.16. The van der Waals surface area contributed by atoms with Crippen molar-refractivity contribution in [3.63, 3.8) is 0 Å². The molecule has 0 bridgehead atoms. The molecule has 5 heteroatoms. The normalized spacial score (nSPS) is 16.9. The van der Waals surface area contributed by atoms with Gasteiger partial charge in [-0.2, -0.15) is 0 Å². The van der Waals surface area contributed by atoms with Crippen LogP contribution in [-0.2, 0) is 9.47 Å². The minimum atomic E-state index is -0.447. The molecule has 3 atom stereocenters. The highest BCUT2D eigenvalue weighted by atomic mass is 24.3. The third kappa shape index (κ3) is 10.7. The van der Waals surface area contributed by atoms with Crippen molar-refractivity contribution >= 4 is 23.1 Å². The number of aliphatic hydroxyl groups excluding tert-OH is 2. The van der Waals surface area contributed by atoms with Gasteiger partial charge in [-0.05, 0) is 20.8 Å². The minimum absolute atomic E-state index is 0. The van der Waals surface area contributed by atoms with E-state index in [1.807, 2.05) is 6.92 Å². The fourth-order valence-corrected chi connectivity index (χ4v) is 0.704. The molecule has 0 aliphatic heterocycles. The second-order valence-electron chi connectivity index (χ2n) is 3.32. The van der Waals surface area contributed by atoms with Crippen molar-refractivity contribution in [1.29, 1.82) is 0 Å². The SMILES string of the molecule is CC(O)COC(C)COC(C)CO.[MgH2]. The quantitative estimate of drug-likeness (QED) is 0.553. The van der Waals surface area contributed by atoms with Gasteiger partial charge in [-0.25, -0.2) is 0 Å². The van der Waals surface area contributed by atoms with E-state index in [4.69, 9.17) is 19.7 Å². The van der Waals surface area contributed by atoms with Crippen molar-refractivity contribution in [3.05, 3.63) is 0 Å². The molecule has 14 heavy (non-hydrogen) atoms. The van der Waals surface area contributed by atoms with Gasteiger partial charge in [-0.3, -0.25) is 0 Å². The van der Waals surface area contributed by atoms with Gasteiger partial charge in [0.2, 0.25) is 0 Å². The van der Waals surface area contributed by atoms with Crippen molar-refractivity contribution < 1.29 is 19.7 Å². The smallest absolute Gasteiger partial charge is 0.316 e. The highest BCUT2D eigenvalue weighted by Crippen LogP contribution is 1.97. The van der Waals surface area contributed by atoms with Crippen LogP contribution < -0.4 is 0 Å². The third-order valence-electron chi connectivity index (χ3n) is 1.49. The van der Waals surface area contributed by atoms with E-state index in [0.717, 1.165) is 0 Å². The zero-order valence-corrected chi connectivity index (χ0v) is 8.56. The van der Waals surface area contributed by atoms with Gasteiger partial charge in [0.1, 0.15) is 0 Å². The van der Waals surface area contributed by atoms with Gasteiger partial charge in [0.05, 0.1) is 38.1 Å². The van der Waals surface area contributed by atoms with E-state index in [1.54, 1.807) is 13.8 Å². The summed E-state index contributed by atoms with van der Waals surface area (Å²) in [6.07, 6.45) is -0.654. The molecular formula is C9H22MgO4. The van der Waals surface area contributed by atoms with Gasteiger partial charge in [0.15, 0.2) is 0 Å². The molecule has 0 aliphatic rings. The average molecular weight is 219 g/mol. The Morgan fingerprint density at radius 1 is 1.00 bits per heavy atom. The lowest BCUT2D eigenvalue weighted by Crippen LogP contribution is -2.24. The van der Waals surface area contributed by atoms with Crippen LogP contribution in [-0.4, -0.2) is 71.4 Å². The second kappa shape index (κ2) is 10.1. The molecule has 0 fully saturated rings. The Morgan fingerprint density at radius 3 is 1.93 bits per heavy atom. The van der Waals surface area contributed by atoms with Gasteiger partial charge >= 0.3 is 23.1 Å². The summed E-state index contributed by atoms with van der Waals surface area (Å²) in [5, 5.41) is 17.6. The fourth-order valence-electron chi connectivity index (χ4n) is 0.704. The molecule has 0 saturated carbocycles. The van der Waals surface area contributed by atoms with Crippen molar-refractivity contribution in [2.45, 2.75) is 39.1 Å². The summed E-state index contributed by atoms with van der Waals surface area (Å²) in [4.78, 5) is 0. The second-order valence-corrected chi connectivity index (χ2v) is 3.32. The summed E-state index contributed by atoms with van der Waals surface area (Å²) in [6.45, 7) is 6.10. The van der Waals surface area contributed by atoms with Crippen LogP contribution in [0.3, 0.4) is 0 Å². The highest BCUT2D eigenvalue weighted by Gasteiger charge is 2.06. The maximum atomic E-state index is 8.92. The van der Waals surface area contributed by atoms with Crippen molar-refractivity contribution in [1.82, 2.24) is 0 Å². The number of aliphatic hydroxyl groups is 2. The fraction of sp³-hybridized carbons (Fsp3) is 1.00. The molecule has 0 aromatic rings. The largest absolute Gasteiger partial charge is 0.394 e. The summed E-state index contributed by atoms with van der Waals surface area (Å²) < 4.78 is 10.5. The summed E-state index contributed by atoms with van der Waals surface area (Å²) in [5.41, 5.74) is 0. The Bertz CT molecular complexity index is 121. The van der Waals surface area contributed by atoms with Crippen LogP contribution in [0.1, 0.15) is 20.8 Å². The summed E-state index contributed by atoms with van der Waals surface area (Å²) in [6, 6.07) is 0. The van der Waals surface area contributed by atoms with Gasteiger partial charge in [-0.1, -0.05) is 0 Å². The summed E-state index contributed by atoms with van der Waals surface area (Å²) >= 11 is 0. The maximum absolute atomic E-state index is 8.92. The molecule has 4 nitrogen and oxygen atoms in total. The van der Waals surface area contributed by atoms with Crippen LogP contribution in [0.25, 0.3) is 0 Å². The number of hydrogen-bond acceptors (Lipinski definition) is 4. The van der Waals surface area contributed by atoms with Gasteiger partial charge in [0.25, 0.3) is 0 Å². The minimum Gasteiger partial charge on any atom is -0.394 e. The Labute approximate surface area is 102 Å². The first kappa shape index (κ1) is 17.0. The Balaban J connectivity index is 0. The average Bonchev–Trinajstić information content (AvgIpc) is 2.10. The Hall–Kier alpha value is 0.606. The molecule has 0 amide bonds. The molecule has 0 spiro atoms. The summed E-state index contributed by atoms with van der Waals surface area (Å²) in [5.74, 6) is 0. The zero-order chi connectivity index (χ0) is 10.3. The van der Waals surface area contributed by atoms with Crippen molar-refractivity contribution in [2.75, 3.05) is 19.8 Å². The lowest BCUT2D eigenvalue weighted by molar-refractivity contribution is -0.0620. The molecule has 0 heterocycles. The van der Waals surface area contributed by atoms with E-state index in [2.05, 4.69) is 0 Å². The first-order chi connectivity index (χ1) is 6.06. The molecule has 0 aromatic carbocycles. The van der Waals surface area contributed by atoms with E-state index in [9.17, 15) is 0 Å². The lowest BCUT2D eigenvalue weighted by atomic mass is 10.4. The standard InChI is InChI=1S/C9H20O4.Mg.2H/c1-7(11)5-12-9(3)6-13-8(2)4-10;;;/h7-11H,4-6H2,1-3H3;;;. The van der Waals surface area contributed by atoms with Gasteiger partial charge in [-0.15, -0.1) is 0 Å². The summed E-state index contributed by atoms with van der Waals surface area (Å²) in [7, 11) is 0. The van der Waals surface area contributed by atoms with Crippen LogP contribution in [0.15, 0.2) is 0 Å². The molecule has 0 saturated heterocycles. The molecule has 0 rings (SSSR count). The first-order valence-electron chi connectivity index (χ1n) is 4.58. The molecular weight excluding hydrogens is 196 g/mol. The van der Waals surface area contributed by atoms with Gasteiger partial charge < -0.3 is 19.7 Å². The topological polar surface area (TPSA) is 58.9 Å². The third-order valence-corrected chi connectivity index (χ3v) is 1.49. The number of hydrogen-bond donors (Lipinski definition) is 2. The number of ether oxygens (including phenoxy) is 2. The van der Waals surface area contributed by atoms with Crippen LogP contribution in [0.4, 0.5) is 0 Å². The highest BCUT2D eigenvalue weighted by molar-refractivity contribution is 5.75. The predicted octanol–water partition coefficient (Wildman–Crippen LogP) is -0.746. The number of rotatable bonds is 7. The molecule has 2 N–H and O–H groups in total. The van der Waals surface area contributed by atoms with Crippen LogP contribution in [0.5, 0.6) is 0 Å². The molecule has 84 valence electrons. The monoisotopic (exact) mass is 218 g/mol. The Morgan fingerprint density at radius 2 is 1.50 bits per heavy atom. The van der Waals surface area contributed by atoms with E-state index in [-0.39, 0.29) is 41.9 Å². The van der Waals surface area contributed by atoms with E-state index >= 15 is 0 Å². The van der Waals surface area contributed by atoms with Crippen LogP contribution in [0.2, 0.25) is 0 Å². The van der Waals surface area contributed by atoms with Gasteiger partial charge in [0, 0.05) is 0 Å². The maximum Gasteiger partial charge on any atom is 0.316 e. The van der Waals surface area contributed by atoms with Crippen LogP contribution in [0, 0.1) is 0 Å². The molecule has 0 aliphatic carbocycles. The predicted molar refractivity (Wildman–Crippen MR) is 58.1 cm³/mol. The van der Waals surface area contributed by atoms with Crippen molar-refractivity contribution in [3.8, 4) is 0 Å². The molecule has 0 radical (unpaired) electrons. The Kier molecular flexibility index (Phi) is 12.3. The zero-order valence-electron chi connectivity index (χ0n) is 8.56. The van der Waals surface area contributed by atoms with E-state index in [1.165, 1.54) is 0 Å². The van der Waals surface area contributed by atoms with Crippen LogP contribution >= 0.6 is 0 Å². The molecule has 3 unspecified atom stereocenters. The molecule has 0 aromatic heterocycles. The first-order valence-corrected chi connectivity index (χ1v) is 4.58. The van der Waals surface area contributed by atoms with E-state index in [0.29, 0.717) is 13.2 Å². The van der Waals surface area contributed by atoms with Crippen molar-refractivity contribution in [2.24, 2.45) is 0 Å².